The van der Waals surface area contributed by atoms with Gasteiger partial charge in [-0.15, -0.1) is 0 Å². The molecule has 1 saturated heterocycles. The summed E-state index contributed by atoms with van der Waals surface area (Å²) in [5.41, 5.74) is 3.14. The number of piperazine rings is 1. The Balaban J connectivity index is 1.24. The van der Waals surface area contributed by atoms with E-state index in [1.54, 1.807) is 18.3 Å². The summed E-state index contributed by atoms with van der Waals surface area (Å²) in [6, 6.07) is 14.5. The molecule has 2 aromatic carbocycles. The molecule has 7 heteroatoms. The quantitative estimate of drug-likeness (QED) is 0.432. The van der Waals surface area contributed by atoms with Crippen LogP contribution in [0.5, 0.6) is 5.75 Å². The third kappa shape index (κ3) is 7.67. The van der Waals surface area contributed by atoms with E-state index in [1.165, 1.54) is 24.3 Å². The lowest BCUT2D eigenvalue weighted by Gasteiger charge is -2.32. The summed E-state index contributed by atoms with van der Waals surface area (Å²) < 4.78 is 33.0. The Bertz CT molecular complexity index is 1110. The van der Waals surface area contributed by atoms with Crippen molar-refractivity contribution in [3.8, 4) is 16.9 Å². The molecule has 0 spiro atoms. The molecule has 3 aromatic rings. The second-order valence-corrected chi connectivity index (χ2v) is 9.05. The molecule has 0 unspecified atom stereocenters. The van der Waals surface area contributed by atoms with Crippen molar-refractivity contribution in [3.05, 3.63) is 83.7 Å². The van der Waals surface area contributed by atoms with E-state index in [0.29, 0.717) is 30.9 Å². The second-order valence-electron chi connectivity index (χ2n) is 9.05. The molecule has 5 nitrogen and oxygen atoms in total. The van der Waals surface area contributed by atoms with Gasteiger partial charge in [-0.2, -0.15) is 0 Å². The minimum Gasteiger partial charge on any atom is -0.492 e. The number of likely N-dealkylation sites (N-methyl/N-ethyl adjacent to an activating group) is 1. The lowest BCUT2D eigenvalue weighted by Crippen LogP contribution is -2.45. The normalized spacial score (nSPS) is 14.7. The Hall–Kier alpha value is -3.16. The first-order chi connectivity index (χ1) is 16.9. The van der Waals surface area contributed by atoms with Crippen LogP contribution in [-0.4, -0.2) is 66.9 Å². The fraction of sp³-hybridized carbons (Fsp3) is 0.357. The number of hydrogen-bond acceptors (Lipinski definition) is 5. The molecule has 0 N–H and O–H groups in total. The van der Waals surface area contributed by atoms with Gasteiger partial charge in [0.05, 0.1) is 0 Å². The van der Waals surface area contributed by atoms with E-state index >= 15 is 0 Å². The fourth-order valence-corrected chi connectivity index (χ4v) is 4.13. The zero-order chi connectivity index (χ0) is 24.6. The summed E-state index contributed by atoms with van der Waals surface area (Å²) >= 11 is 0. The van der Waals surface area contributed by atoms with Crippen molar-refractivity contribution >= 4 is 5.78 Å². The van der Waals surface area contributed by atoms with Gasteiger partial charge < -0.3 is 9.64 Å². The Morgan fingerprint density at radius 1 is 0.943 bits per heavy atom. The molecule has 0 radical (unpaired) electrons. The van der Waals surface area contributed by atoms with E-state index in [1.807, 2.05) is 18.2 Å². The maximum atomic E-state index is 14.1. The topological polar surface area (TPSA) is 45.7 Å². The van der Waals surface area contributed by atoms with Crippen LogP contribution in [-0.2, 0) is 17.6 Å². The Morgan fingerprint density at radius 2 is 1.69 bits per heavy atom. The summed E-state index contributed by atoms with van der Waals surface area (Å²) in [4.78, 5) is 21.5. The Morgan fingerprint density at radius 3 is 2.40 bits per heavy atom. The van der Waals surface area contributed by atoms with Crippen molar-refractivity contribution in [1.29, 1.82) is 0 Å². The first-order valence-electron chi connectivity index (χ1n) is 12.0. The molecule has 1 fully saturated rings. The van der Waals surface area contributed by atoms with Gasteiger partial charge in [-0.3, -0.25) is 14.7 Å². The number of benzene rings is 2. The molecular weight excluding hydrogens is 448 g/mol. The summed E-state index contributed by atoms with van der Waals surface area (Å²) in [5.74, 6) is -0.109. The van der Waals surface area contributed by atoms with Crippen LogP contribution in [0.1, 0.15) is 17.7 Å². The molecule has 35 heavy (non-hydrogen) atoms. The molecule has 4 rings (SSSR count). The molecule has 0 bridgehead atoms. The van der Waals surface area contributed by atoms with Crippen LogP contribution in [0.4, 0.5) is 8.78 Å². The summed E-state index contributed by atoms with van der Waals surface area (Å²) in [5, 5.41) is 0. The zero-order valence-corrected chi connectivity index (χ0v) is 20.1. The van der Waals surface area contributed by atoms with Gasteiger partial charge in [0, 0.05) is 69.1 Å². The van der Waals surface area contributed by atoms with Crippen LogP contribution in [0.2, 0.25) is 0 Å². The predicted molar refractivity (Wildman–Crippen MR) is 132 cm³/mol. The average molecular weight is 480 g/mol. The SMILES string of the molecule is CN1CCN(CCOc2cc(F)cc(CCC(=O)Cc3ccc(-c4ccc(F)cc4)cn3)c2)CC1. The number of hydrogen-bond donors (Lipinski definition) is 0. The standard InChI is InChI=1S/C28H31F2N3O2/c1-32-10-12-33(13-11-32)14-15-35-28-17-21(16-25(30)18-28)2-9-27(34)19-26-8-5-23(20-31-26)22-3-6-24(29)7-4-22/h3-8,16-18,20H,2,9-15,19H2,1H3. The third-order valence-electron chi connectivity index (χ3n) is 6.28. The maximum Gasteiger partial charge on any atom is 0.139 e. The highest BCUT2D eigenvalue weighted by atomic mass is 19.1. The highest BCUT2D eigenvalue weighted by molar-refractivity contribution is 5.80. The molecule has 0 atom stereocenters. The highest BCUT2D eigenvalue weighted by Gasteiger charge is 2.14. The largest absolute Gasteiger partial charge is 0.492 e. The number of ether oxygens (including phenoxy) is 1. The number of rotatable bonds is 10. The highest BCUT2D eigenvalue weighted by Crippen LogP contribution is 2.20. The number of halogens is 2. The molecule has 1 aliphatic rings. The van der Waals surface area contributed by atoms with Gasteiger partial charge in [-0.25, -0.2) is 8.78 Å². The number of carbonyl (C=O) groups is 1. The maximum absolute atomic E-state index is 14.1. The number of nitrogens with zero attached hydrogens (tertiary/aromatic N) is 3. The Labute approximate surface area is 205 Å². The average Bonchev–Trinajstić information content (AvgIpc) is 2.85. The van der Waals surface area contributed by atoms with Crippen molar-refractivity contribution in [2.24, 2.45) is 0 Å². The number of ketones is 1. The number of aromatic nitrogens is 1. The van der Waals surface area contributed by atoms with Crippen LogP contribution in [0.25, 0.3) is 11.1 Å². The van der Waals surface area contributed by atoms with Crippen molar-refractivity contribution < 1.29 is 18.3 Å². The number of aryl methyl sites for hydroxylation is 1. The zero-order valence-electron chi connectivity index (χ0n) is 20.1. The van der Waals surface area contributed by atoms with Crippen molar-refractivity contribution in [2.75, 3.05) is 46.4 Å². The summed E-state index contributed by atoms with van der Waals surface area (Å²) in [6.45, 7) is 5.44. The number of Topliss-reactive ketones (excluding diaryl/α,β-unsaturated/α-hetero) is 1. The molecule has 1 aromatic heterocycles. The van der Waals surface area contributed by atoms with E-state index in [-0.39, 0.29) is 23.8 Å². The van der Waals surface area contributed by atoms with Gasteiger partial charge in [-0.05, 0) is 54.9 Å². The summed E-state index contributed by atoms with van der Waals surface area (Å²) in [6.07, 6.45) is 2.65. The van der Waals surface area contributed by atoms with Gasteiger partial charge in [0.1, 0.15) is 29.8 Å². The third-order valence-corrected chi connectivity index (χ3v) is 6.28. The van der Waals surface area contributed by atoms with E-state index in [0.717, 1.165) is 49.4 Å². The lowest BCUT2D eigenvalue weighted by molar-refractivity contribution is -0.118. The molecular formula is C28H31F2N3O2. The first-order valence-corrected chi connectivity index (χ1v) is 12.0. The van der Waals surface area contributed by atoms with Gasteiger partial charge in [-0.1, -0.05) is 18.2 Å². The van der Waals surface area contributed by atoms with Crippen molar-refractivity contribution in [1.82, 2.24) is 14.8 Å². The van der Waals surface area contributed by atoms with Crippen LogP contribution in [0, 0.1) is 11.6 Å². The van der Waals surface area contributed by atoms with Gasteiger partial charge in [0.15, 0.2) is 0 Å². The number of pyridine rings is 1. The molecule has 2 heterocycles. The van der Waals surface area contributed by atoms with Crippen molar-refractivity contribution in [3.63, 3.8) is 0 Å². The monoisotopic (exact) mass is 479 g/mol. The van der Waals surface area contributed by atoms with Crippen molar-refractivity contribution in [2.45, 2.75) is 19.3 Å². The lowest BCUT2D eigenvalue weighted by atomic mass is 10.0. The van der Waals surface area contributed by atoms with Crippen LogP contribution in [0.15, 0.2) is 60.8 Å². The van der Waals surface area contributed by atoms with E-state index in [9.17, 15) is 13.6 Å². The minimum atomic E-state index is -0.359. The van der Waals surface area contributed by atoms with Crippen LogP contribution >= 0.6 is 0 Å². The molecule has 0 aliphatic carbocycles. The smallest absolute Gasteiger partial charge is 0.139 e. The fourth-order valence-electron chi connectivity index (χ4n) is 4.13. The van der Waals surface area contributed by atoms with Crippen LogP contribution in [0.3, 0.4) is 0 Å². The first kappa shape index (κ1) is 24.9. The predicted octanol–water partition coefficient (Wildman–Crippen LogP) is 4.40. The molecule has 0 amide bonds. The van der Waals surface area contributed by atoms with E-state index < -0.39 is 0 Å². The molecule has 184 valence electrons. The van der Waals surface area contributed by atoms with Gasteiger partial charge in [0.25, 0.3) is 0 Å². The van der Waals surface area contributed by atoms with Crippen LogP contribution < -0.4 is 4.74 Å². The molecule has 0 saturated carbocycles. The second kappa shape index (κ2) is 12.0. The molecule has 1 aliphatic heterocycles. The van der Waals surface area contributed by atoms with Gasteiger partial charge >= 0.3 is 0 Å². The summed E-state index contributed by atoms with van der Waals surface area (Å²) in [7, 11) is 2.12. The Kier molecular flexibility index (Phi) is 8.55. The van der Waals surface area contributed by atoms with E-state index in [2.05, 4.69) is 21.8 Å². The minimum absolute atomic E-state index is 0.0360. The van der Waals surface area contributed by atoms with Gasteiger partial charge in [0.2, 0.25) is 0 Å². The van der Waals surface area contributed by atoms with E-state index in [4.69, 9.17) is 4.74 Å². The number of carbonyl (C=O) groups excluding carboxylic acids is 1.